The Bertz CT molecular complexity index is 1390. The fourth-order valence-corrected chi connectivity index (χ4v) is 4.91. The van der Waals surface area contributed by atoms with E-state index >= 15 is 0 Å². The minimum atomic E-state index is -4.71. The van der Waals surface area contributed by atoms with E-state index in [9.17, 15) is 21.6 Å². The fourth-order valence-electron chi connectivity index (χ4n) is 3.94. The Hall–Kier alpha value is -3.70. The Morgan fingerprint density at radius 2 is 1.69 bits per heavy atom. The van der Waals surface area contributed by atoms with Crippen LogP contribution in [0.5, 0.6) is 0 Å². The van der Waals surface area contributed by atoms with Crippen molar-refractivity contribution in [3.8, 4) is 11.3 Å². The summed E-state index contributed by atoms with van der Waals surface area (Å²) in [6, 6.07) is 12.6. The Labute approximate surface area is 226 Å². The van der Waals surface area contributed by atoms with Crippen LogP contribution in [0, 0.1) is 0 Å². The van der Waals surface area contributed by atoms with Crippen LogP contribution in [0.1, 0.15) is 36.8 Å². The lowest BCUT2D eigenvalue weighted by atomic mass is 10.00. The summed E-state index contributed by atoms with van der Waals surface area (Å²) in [5, 5.41) is 8.83. The molecule has 0 amide bonds. The molecular weight excluding hydrogens is 529 g/mol. The fraction of sp³-hybridized carbons (Fsp3) is 0.286. The third kappa shape index (κ3) is 7.90. The van der Waals surface area contributed by atoms with Crippen molar-refractivity contribution >= 4 is 27.7 Å². The highest BCUT2D eigenvalue weighted by atomic mass is 32.2. The molecule has 0 saturated carbocycles. The van der Waals surface area contributed by atoms with Crippen molar-refractivity contribution in [2.75, 3.05) is 29.3 Å². The van der Waals surface area contributed by atoms with Gasteiger partial charge in [-0.15, -0.1) is 6.58 Å². The van der Waals surface area contributed by atoms with E-state index in [1.54, 1.807) is 36.4 Å². The molecule has 39 heavy (non-hydrogen) atoms. The molecule has 208 valence electrons. The van der Waals surface area contributed by atoms with Gasteiger partial charge in [-0.05, 0) is 55.5 Å². The molecule has 0 radical (unpaired) electrons. The predicted molar refractivity (Wildman–Crippen MR) is 148 cm³/mol. The molecule has 2 aromatic heterocycles. The van der Waals surface area contributed by atoms with Crippen LogP contribution in [0.4, 0.5) is 24.8 Å². The molecule has 0 aliphatic carbocycles. The first-order valence-corrected chi connectivity index (χ1v) is 13.9. The van der Waals surface area contributed by atoms with Crippen molar-refractivity contribution in [2.24, 2.45) is 0 Å². The lowest BCUT2D eigenvalue weighted by Gasteiger charge is -2.24. The van der Waals surface area contributed by atoms with Gasteiger partial charge in [-0.2, -0.15) is 21.6 Å². The maximum atomic E-state index is 13.8. The molecule has 0 aliphatic heterocycles. The molecule has 0 fully saturated rings. The molecule has 2 N–H and O–H groups in total. The molecule has 0 saturated heterocycles. The molecule has 0 unspecified atom stereocenters. The summed E-state index contributed by atoms with van der Waals surface area (Å²) in [6.45, 7) is 8.58. The first-order chi connectivity index (χ1) is 18.6. The van der Waals surface area contributed by atoms with Gasteiger partial charge in [0.15, 0.2) is 5.03 Å². The first kappa shape index (κ1) is 29.9. The predicted octanol–water partition coefficient (Wildman–Crippen LogP) is 6.15. The van der Waals surface area contributed by atoms with Crippen LogP contribution in [-0.2, 0) is 16.2 Å². The molecular formula is C28H31F3N4O3S. The lowest BCUT2D eigenvalue weighted by Crippen LogP contribution is -2.27. The van der Waals surface area contributed by atoms with E-state index in [0.29, 0.717) is 37.3 Å². The highest BCUT2D eigenvalue weighted by Gasteiger charge is 2.35. The molecule has 3 aromatic rings. The summed E-state index contributed by atoms with van der Waals surface area (Å²) in [5.41, 5.74) is -0.836. The number of allylic oxidation sites excluding steroid dienone is 1. The third-order valence-corrected chi connectivity index (χ3v) is 7.11. The number of aromatic nitrogens is 2. The summed E-state index contributed by atoms with van der Waals surface area (Å²) in [5.74, 6) is 0.149. The molecule has 11 heteroatoms. The molecule has 2 heterocycles. The molecule has 7 nitrogen and oxygen atoms in total. The number of unbranched alkanes of at least 4 members (excludes halogenated alkanes) is 2. The lowest BCUT2D eigenvalue weighted by molar-refractivity contribution is -0.137. The monoisotopic (exact) mass is 560 g/mol. The van der Waals surface area contributed by atoms with Crippen molar-refractivity contribution in [1.82, 2.24) is 9.97 Å². The Morgan fingerprint density at radius 1 is 0.949 bits per heavy atom. The van der Waals surface area contributed by atoms with Crippen molar-refractivity contribution < 1.29 is 26.7 Å². The maximum Gasteiger partial charge on any atom is 0.418 e. The van der Waals surface area contributed by atoms with Gasteiger partial charge in [-0.3, -0.25) is 4.72 Å². The van der Waals surface area contributed by atoms with Crippen LogP contribution in [-0.4, -0.2) is 43.2 Å². The van der Waals surface area contributed by atoms with Crippen molar-refractivity contribution in [1.29, 1.82) is 0 Å². The van der Waals surface area contributed by atoms with Crippen LogP contribution in [0.2, 0.25) is 0 Å². The third-order valence-electron chi connectivity index (χ3n) is 5.86. The van der Waals surface area contributed by atoms with Gasteiger partial charge < -0.3 is 10.0 Å². The van der Waals surface area contributed by atoms with Crippen molar-refractivity contribution in [2.45, 2.75) is 36.9 Å². The van der Waals surface area contributed by atoms with Crippen molar-refractivity contribution in [3.63, 3.8) is 0 Å². The molecule has 3 rings (SSSR count). The average molecular weight is 561 g/mol. The summed E-state index contributed by atoms with van der Waals surface area (Å²) in [7, 11) is -4.29. The second-order valence-corrected chi connectivity index (χ2v) is 10.3. The zero-order valence-corrected chi connectivity index (χ0v) is 22.2. The molecule has 0 atom stereocenters. The molecule has 0 spiro atoms. The van der Waals surface area contributed by atoms with Gasteiger partial charge in [0.25, 0.3) is 10.0 Å². The van der Waals surface area contributed by atoms with Gasteiger partial charge in [0, 0.05) is 25.3 Å². The number of rotatable bonds is 14. The van der Waals surface area contributed by atoms with Crippen LogP contribution in [0.25, 0.3) is 17.3 Å². The van der Waals surface area contributed by atoms with E-state index in [-0.39, 0.29) is 23.0 Å². The molecule has 0 aliphatic rings. The Balaban J connectivity index is 1.96. The summed E-state index contributed by atoms with van der Waals surface area (Å²) >= 11 is 0. The SMILES string of the molecule is C=CCCCN(CCCCO)c1cccc(S(=O)(=O)Nc2ccc(C(F)(F)F)c(-c3ccccc3C=C)n2)n1. The number of alkyl halides is 3. The number of hydrogen-bond donors (Lipinski definition) is 2. The number of anilines is 2. The highest BCUT2D eigenvalue weighted by Crippen LogP contribution is 2.38. The van der Waals surface area contributed by atoms with E-state index in [1.807, 2.05) is 4.90 Å². The average Bonchev–Trinajstić information content (AvgIpc) is 2.91. The van der Waals surface area contributed by atoms with Crippen LogP contribution < -0.4 is 9.62 Å². The number of hydrogen-bond acceptors (Lipinski definition) is 6. The number of sulfonamides is 1. The van der Waals surface area contributed by atoms with Gasteiger partial charge in [-0.25, -0.2) is 9.97 Å². The standard InChI is InChI=1S/C28H31F3N4O3S/c1-3-5-8-18-35(19-9-10-20-36)25-14-11-15-26(33-25)39(37,38)34-24-17-16-23(28(29,30)31)27(32-24)22-13-7-6-12-21(22)4-2/h3-4,6-7,11-17,36H,1-2,5,8-10,18-20H2,(H,32,34). The van der Waals surface area contributed by atoms with Gasteiger partial charge in [-0.1, -0.05) is 49.1 Å². The zero-order valence-electron chi connectivity index (χ0n) is 21.4. The number of pyridine rings is 2. The molecule has 0 bridgehead atoms. The van der Waals surface area contributed by atoms with E-state index < -0.39 is 27.5 Å². The maximum absolute atomic E-state index is 13.8. The van der Waals surface area contributed by atoms with Crippen molar-refractivity contribution in [3.05, 3.63) is 85.0 Å². The minimum absolute atomic E-state index is 0.0473. The minimum Gasteiger partial charge on any atom is -0.396 e. The number of benzene rings is 1. The number of nitrogens with zero attached hydrogens (tertiary/aromatic N) is 3. The number of halogens is 3. The van der Waals surface area contributed by atoms with E-state index in [2.05, 4.69) is 27.8 Å². The second kappa shape index (κ2) is 13.4. The molecule has 1 aromatic carbocycles. The quantitative estimate of drug-likeness (QED) is 0.181. The largest absolute Gasteiger partial charge is 0.418 e. The van der Waals surface area contributed by atoms with Crippen LogP contribution >= 0.6 is 0 Å². The van der Waals surface area contributed by atoms with E-state index in [1.165, 1.54) is 18.2 Å². The van der Waals surface area contributed by atoms with Crippen LogP contribution in [0.3, 0.4) is 0 Å². The summed E-state index contributed by atoms with van der Waals surface area (Å²) in [4.78, 5) is 10.3. The summed E-state index contributed by atoms with van der Waals surface area (Å²) in [6.07, 6.45) is 1.32. The van der Waals surface area contributed by atoms with Gasteiger partial charge in [0.1, 0.15) is 11.6 Å². The van der Waals surface area contributed by atoms with Crippen LogP contribution in [0.15, 0.2) is 78.9 Å². The normalized spacial score (nSPS) is 11.7. The van der Waals surface area contributed by atoms with Gasteiger partial charge in [0.2, 0.25) is 0 Å². The van der Waals surface area contributed by atoms with E-state index in [4.69, 9.17) is 5.11 Å². The zero-order chi connectivity index (χ0) is 28.5. The number of aliphatic hydroxyl groups is 1. The number of nitrogens with one attached hydrogen (secondary N) is 1. The second-order valence-electron chi connectivity index (χ2n) is 8.67. The Kier molecular flexibility index (Phi) is 10.2. The number of aliphatic hydroxyl groups excluding tert-OH is 1. The topological polar surface area (TPSA) is 95.4 Å². The Morgan fingerprint density at radius 3 is 2.38 bits per heavy atom. The van der Waals surface area contributed by atoms with E-state index in [0.717, 1.165) is 25.0 Å². The highest BCUT2D eigenvalue weighted by molar-refractivity contribution is 7.92. The van der Waals surface area contributed by atoms with Gasteiger partial charge in [0.05, 0.1) is 11.3 Å². The first-order valence-electron chi connectivity index (χ1n) is 12.4. The smallest absolute Gasteiger partial charge is 0.396 e. The van der Waals surface area contributed by atoms with Gasteiger partial charge >= 0.3 is 6.18 Å². The summed E-state index contributed by atoms with van der Waals surface area (Å²) < 4.78 is 70.2.